The Morgan fingerprint density at radius 3 is 2.88 bits per heavy atom. The van der Waals surface area contributed by atoms with Crippen LogP contribution in [0.3, 0.4) is 0 Å². The second-order valence-electron chi connectivity index (χ2n) is 4.08. The zero-order valence-corrected chi connectivity index (χ0v) is 9.03. The topological polar surface area (TPSA) is 32.3 Å². The highest BCUT2D eigenvalue weighted by Gasteiger charge is 2.17. The van der Waals surface area contributed by atoms with Crippen LogP contribution >= 0.6 is 0 Å². The molecule has 0 aliphatic carbocycles. The summed E-state index contributed by atoms with van der Waals surface area (Å²) < 4.78 is 12.7. The summed E-state index contributed by atoms with van der Waals surface area (Å²) in [6.07, 6.45) is 1.71. The summed E-state index contributed by atoms with van der Waals surface area (Å²) in [6, 6.07) is 6.78. The number of carbonyl (C=O) groups excluding carboxylic acids is 1. The number of benzene rings is 1. The Morgan fingerprint density at radius 1 is 1.44 bits per heavy atom. The summed E-state index contributed by atoms with van der Waals surface area (Å²) in [6.45, 7) is 2.31. The monoisotopic (exact) mass is 222 g/mol. The molecule has 0 bridgehead atoms. The molecule has 1 aromatic carbocycles. The van der Waals surface area contributed by atoms with Gasteiger partial charge in [0.1, 0.15) is 5.82 Å². The number of halogens is 1. The third kappa shape index (κ3) is 2.79. The predicted octanol–water partition coefficient (Wildman–Crippen LogP) is 0.798. The van der Waals surface area contributed by atoms with Crippen molar-refractivity contribution in [2.45, 2.75) is 12.5 Å². The Labute approximate surface area is 94.3 Å². The first-order chi connectivity index (χ1) is 7.78. The fraction of sp³-hybridized carbons (Fsp3) is 0.417. The number of piperazine rings is 1. The van der Waals surface area contributed by atoms with Gasteiger partial charge in [0.15, 0.2) is 0 Å². The fourth-order valence-corrected chi connectivity index (χ4v) is 1.99. The molecule has 1 aliphatic heterocycles. The molecule has 1 N–H and O–H groups in total. The minimum atomic E-state index is -0.213. The number of nitrogens with one attached hydrogen (secondary N) is 1. The van der Waals surface area contributed by atoms with Crippen molar-refractivity contribution in [2.75, 3.05) is 19.6 Å². The van der Waals surface area contributed by atoms with E-state index in [9.17, 15) is 9.18 Å². The van der Waals surface area contributed by atoms with E-state index >= 15 is 0 Å². The number of hydrogen-bond acceptors (Lipinski definition) is 2. The summed E-state index contributed by atoms with van der Waals surface area (Å²) >= 11 is 0. The van der Waals surface area contributed by atoms with E-state index in [1.54, 1.807) is 17.0 Å². The maximum Gasteiger partial charge on any atom is 0.209 e. The fourth-order valence-electron chi connectivity index (χ4n) is 1.99. The third-order valence-electron chi connectivity index (χ3n) is 2.83. The highest BCUT2D eigenvalue weighted by atomic mass is 19.1. The van der Waals surface area contributed by atoms with E-state index in [1.807, 2.05) is 0 Å². The van der Waals surface area contributed by atoms with Crippen LogP contribution in [0.15, 0.2) is 24.3 Å². The largest absolute Gasteiger partial charge is 0.342 e. The van der Waals surface area contributed by atoms with E-state index in [2.05, 4.69) is 5.32 Å². The smallest absolute Gasteiger partial charge is 0.209 e. The molecule has 0 saturated carbocycles. The zero-order valence-electron chi connectivity index (χ0n) is 9.03. The quantitative estimate of drug-likeness (QED) is 0.767. The Bertz CT molecular complexity index is 353. The van der Waals surface area contributed by atoms with Gasteiger partial charge in [-0.05, 0) is 24.1 Å². The number of carbonyl (C=O) groups is 1. The van der Waals surface area contributed by atoms with Gasteiger partial charge >= 0.3 is 0 Å². The maximum absolute atomic E-state index is 12.7. The van der Waals surface area contributed by atoms with Crippen molar-refractivity contribution < 1.29 is 9.18 Å². The van der Waals surface area contributed by atoms with Gasteiger partial charge in [-0.3, -0.25) is 4.79 Å². The standard InChI is InChI=1S/C12H15FN2O/c13-11-3-1-10(2-4-11)7-12-8-15(9-16)6-5-14-12/h1-4,9,12,14H,5-8H2. The molecule has 1 atom stereocenters. The lowest BCUT2D eigenvalue weighted by Crippen LogP contribution is -2.50. The van der Waals surface area contributed by atoms with E-state index in [0.29, 0.717) is 0 Å². The normalized spacial score (nSPS) is 20.8. The Hall–Kier alpha value is -1.42. The molecule has 0 radical (unpaired) electrons. The molecular weight excluding hydrogens is 207 g/mol. The summed E-state index contributed by atoms with van der Waals surface area (Å²) in [5, 5.41) is 3.35. The van der Waals surface area contributed by atoms with Crippen molar-refractivity contribution >= 4 is 6.41 Å². The third-order valence-corrected chi connectivity index (χ3v) is 2.83. The highest BCUT2D eigenvalue weighted by Crippen LogP contribution is 2.08. The van der Waals surface area contributed by atoms with Crippen molar-refractivity contribution in [3.63, 3.8) is 0 Å². The molecule has 1 heterocycles. The lowest BCUT2D eigenvalue weighted by Gasteiger charge is -2.31. The van der Waals surface area contributed by atoms with Crippen LogP contribution in [-0.4, -0.2) is 37.0 Å². The molecular formula is C12H15FN2O. The first kappa shape index (κ1) is 11.1. The van der Waals surface area contributed by atoms with Gasteiger partial charge in [-0.25, -0.2) is 4.39 Å². The zero-order chi connectivity index (χ0) is 11.4. The van der Waals surface area contributed by atoms with Gasteiger partial charge in [0.2, 0.25) is 6.41 Å². The Kier molecular flexibility index (Phi) is 3.51. The van der Waals surface area contributed by atoms with Crippen molar-refractivity contribution in [3.05, 3.63) is 35.6 Å². The van der Waals surface area contributed by atoms with E-state index < -0.39 is 0 Å². The second kappa shape index (κ2) is 5.07. The van der Waals surface area contributed by atoms with Crippen LogP contribution in [0.5, 0.6) is 0 Å². The SMILES string of the molecule is O=CN1CCNC(Cc2ccc(F)cc2)C1. The van der Waals surface area contributed by atoms with Crippen LogP contribution in [0.4, 0.5) is 4.39 Å². The van der Waals surface area contributed by atoms with Crippen LogP contribution in [0.2, 0.25) is 0 Å². The molecule has 4 heteroatoms. The number of nitrogens with zero attached hydrogens (tertiary/aromatic N) is 1. The Balaban J connectivity index is 1.93. The maximum atomic E-state index is 12.7. The molecule has 1 aromatic rings. The lowest BCUT2D eigenvalue weighted by atomic mass is 10.0. The van der Waals surface area contributed by atoms with Gasteiger partial charge in [-0.2, -0.15) is 0 Å². The molecule has 16 heavy (non-hydrogen) atoms. The first-order valence-corrected chi connectivity index (χ1v) is 5.45. The van der Waals surface area contributed by atoms with Crippen LogP contribution in [0.25, 0.3) is 0 Å². The van der Waals surface area contributed by atoms with E-state index in [4.69, 9.17) is 0 Å². The molecule has 1 aliphatic rings. The van der Waals surface area contributed by atoms with Crippen LogP contribution in [0.1, 0.15) is 5.56 Å². The molecule has 0 spiro atoms. The average Bonchev–Trinajstić information content (AvgIpc) is 2.32. The van der Waals surface area contributed by atoms with Gasteiger partial charge in [0.25, 0.3) is 0 Å². The number of hydrogen-bond donors (Lipinski definition) is 1. The van der Waals surface area contributed by atoms with E-state index in [0.717, 1.165) is 38.0 Å². The van der Waals surface area contributed by atoms with Gasteiger partial charge in [0, 0.05) is 25.7 Å². The molecule has 1 amide bonds. The van der Waals surface area contributed by atoms with Crippen molar-refractivity contribution in [3.8, 4) is 0 Å². The molecule has 86 valence electrons. The number of rotatable bonds is 3. The molecule has 2 rings (SSSR count). The van der Waals surface area contributed by atoms with Crippen molar-refractivity contribution in [2.24, 2.45) is 0 Å². The average molecular weight is 222 g/mol. The second-order valence-corrected chi connectivity index (χ2v) is 4.08. The van der Waals surface area contributed by atoms with Gasteiger partial charge in [-0.15, -0.1) is 0 Å². The predicted molar refractivity (Wildman–Crippen MR) is 59.5 cm³/mol. The van der Waals surface area contributed by atoms with Crippen molar-refractivity contribution in [1.29, 1.82) is 0 Å². The lowest BCUT2D eigenvalue weighted by molar-refractivity contribution is -0.119. The summed E-state index contributed by atoms with van der Waals surface area (Å²) in [4.78, 5) is 12.4. The summed E-state index contributed by atoms with van der Waals surface area (Å²) in [5.41, 5.74) is 1.09. The van der Waals surface area contributed by atoms with E-state index in [1.165, 1.54) is 12.1 Å². The molecule has 3 nitrogen and oxygen atoms in total. The van der Waals surface area contributed by atoms with E-state index in [-0.39, 0.29) is 11.9 Å². The molecule has 1 saturated heterocycles. The van der Waals surface area contributed by atoms with Gasteiger partial charge < -0.3 is 10.2 Å². The summed E-state index contributed by atoms with van der Waals surface area (Å²) in [5.74, 6) is -0.213. The first-order valence-electron chi connectivity index (χ1n) is 5.45. The summed E-state index contributed by atoms with van der Waals surface area (Å²) in [7, 11) is 0. The van der Waals surface area contributed by atoms with Gasteiger partial charge in [-0.1, -0.05) is 12.1 Å². The van der Waals surface area contributed by atoms with Crippen LogP contribution < -0.4 is 5.32 Å². The molecule has 1 unspecified atom stereocenters. The minimum absolute atomic E-state index is 0.213. The van der Waals surface area contributed by atoms with Crippen molar-refractivity contribution in [1.82, 2.24) is 10.2 Å². The van der Waals surface area contributed by atoms with Crippen LogP contribution in [-0.2, 0) is 11.2 Å². The van der Waals surface area contributed by atoms with Gasteiger partial charge in [0.05, 0.1) is 0 Å². The molecule has 1 fully saturated rings. The highest BCUT2D eigenvalue weighted by molar-refractivity contribution is 5.47. The molecule has 0 aromatic heterocycles. The minimum Gasteiger partial charge on any atom is -0.342 e. The van der Waals surface area contributed by atoms with Crippen LogP contribution in [0, 0.1) is 5.82 Å². The Morgan fingerprint density at radius 2 is 2.19 bits per heavy atom. The number of amides is 1.